The Bertz CT molecular complexity index is 232. The first-order valence-corrected chi connectivity index (χ1v) is 6.05. The van der Waals surface area contributed by atoms with E-state index in [1.165, 1.54) is 0 Å². The molecule has 0 atom stereocenters. The highest BCUT2D eigenvalue weighted by Gasteiger charge is 2.26. The van der Waals surface area contributed by atoms with E-state index >= 15 is 0 Å². The summed E-state index contributed by atoms with van der Waals surface area (Å²) in [5.74, 6) is 0.299. The number of rotatable bonds is 4. The highest BCUT2D eigenvalue weighted by molar-refractivity contribution is 5.77. The zero-order valence-corrected chi connectivity index (χ0v) is 11.0. The van der Waals surface area contributed by atoms with Crippen molar-refractivity contribution in [2.75, 3.05) is 46.8 Å². The third-order valence-electron chi connectivity index (χ3n) is 3.14. The Morgan fingerprint density at radius 2 is 1.81 bits per heavy atom. The summed E-state index contributed by atoms with van der Waals surface area (Å²) in [4.78, 5) is 16.3. The highest BCUT2D eigenvalue weighted by atomic mass is 16.2. The number of hydrogen-bond acceptors (Lipinski definition) is 3. The second-order valence-corrected chi connectivity index (χ2v) is 5.56. The van der Waals surface area contributed by atoms with E-state index in [-0.39, 0.29) is 5.41 Å². The number of carbonyl (C=O) groups is 1. The van der Waals surface area contributed by atoms with E-state index in [0.717, 1.165) is 32.7 Å². The molecule has 16 heavy (non-hydrogen) atoms. The molecule has 0 spiro atoms. The van der Waals surface area contributed by atoms with E-state index in [0.29, 0.717) is 12.3 Å². The first-order valence-electron chi connectivity index (χ1n) is 6.05. The Hall–Kier alpha value is -0.610. The van der Waals surface area contributed by atoms with Crippen molar-refractivity contribution in [3.63, 3.8) is 0 Å². The van der Waals surface area contributed by atoms with Gasteiger partial charge in [0.05, 0.1) is 0 Å². The monoisotopic (exact) mass is 227 g/mol. The van der Waals surface area contributed by atoms with Gasteiger partial charge in [0.2, 0.25) is 5.91 Å². The van der Waals surface area contributed by atoms with Gasteiger partial charge in [-0.15, -0.1) is 0 Å². The molecule has 1 saturated heterocycles. The predicted octanol–water partition coefficient (Wildman–Crippen LogP) is 0.396. The summed E-state index contributed by atoms with van der Waals surface area (Å²) in [7, 11) is 4.04. The van der Waals surface area contributed by atoms with Crippen LogP contribution in [0.15, 0.2) is 0 Å². The fraction of sp³-hybridized carbons (Fsp3) is 0.917. The average molecular weight is 227 g/mol. The van der Waals surface area contributed by atoms with Gasteiger partial charge in [-0.3, -0.25) is 4.79 Å². The molecule has 4 nitrogen and oxygen atoms in total. The maximum atomic E-state index is 12.1. The van der Waals surface area contributed by atoms with Crippen LogP contribution in [0.2, 0.25) is 0 Å². The third kappa shape index (κ3) is 4.10. The standard InChI is InChI=1S/C12H25N3O/c1-12(2,10-13-3)9-11(16)15-7-5-14(4)6-8-15/h13H,5-10H2,1-4H3. The largest absolute Gasteiger partial charge is 0.340 e. The first-order chi connectivity index (χ1) is 7.44. The Labute approximate surface area is 99.0 Å². The van der Waals surface area contributed by atoms with Crippen molar-refractivity contribution in [3.8, 4) is 0 Å². The van der Waals surface area contributed by atoms with E-state index in [1.54, 1.807) is 0 Å². The van der Waals surface area contributed by atoms with E-state index in [4.69, 9.17) is 0 Å². The summed E-state index contributed by atoms with van der Waals surface area (Å²) in [6.07, 6.45) is 0.636. The maximum Gasteiger partial charge on any atom is 0.223 e. The SMILES string of the molecule is CNCC(C)(C)CC(=O)N1CCN(C)CC1. The van der Waals surface area contributed by atoms with Crippen molar-refractivity contribution >= 4 is 5.91 Å². The normalized spacial score (nSPS) is 18.9. The summed E-state index contributed by atoms with van der Waals surface area (Å²) in [5, 5.41) is 3.14. The summed E-state index contributed by atoms with van der Waals surface area (Å²) >= 11 is 0. The van der Waals surface area contributed by atoms with Gasteiger partial charge in [-0.1, -0.05) is 13.8 Å². The first kappa shape index (κ1) is 13.5. The van der Waals surface area contributed by atoms with Crippen LogP contribution in [0, 0.1) is 5.41 Å². The van der Waals surface area contributed by atoms with E-state index < -0.39 is 0 Å². The van der Waals surface area contributed by atoms with Crippen LogP contribution >= 0.6 is 0 Å². The molecule has 4 heteroatoms. The highest BCUT2D eigenvalue weighted by Crippen LogP contribution is 2.20. The number of carbonyl (C=O) groups excluding carboxylic acids is 1. The van der Waals surface area contributed by atoms with Crippen LogP contribution in [-0.2, 0) is 4.79 Å². The van der Waals surface area contributed by atoms with Gasteiger partial charge in [-0.2, -0.15) is 0 Å². The Morgan fingerprint density at radius 1 is 1.25 bits per heavy atom. The average Bonchev–Trinajstić information content (AvgIpc) is 2.17. The van der Waals surface area contributed by atoms with Crippen molar-refractivity contribution in [2.45, 2.75) is 20.3 Å². The molecule has 0 bridgehead atoms. The van der Waals surface area contributed by atoms with Gasteiger partial charge in [0, 0.05) is 39.1 Å². The molecular weight excluding hydrogens is 202 g/mol. The lowest BCUT2D eigenvalue weighted by molar-refractivity contribution is -0.134. The topological polar surface area (TPSA) is 35.6 Å². The van der Waals surface area contributed by atoms with Crippen molar-refractivity contribution < 1.29 is 4.79 Å². The molecule has 1 N–H and O–H groups in total. The zero-order valence-electron chi connectivity index (χ0n) is 11.0. The minimum Gasteiger partial charge on any atom is -0.340 e. The van der Waals surface area contributed by atoms with Crippen LogP contribution in [0.25, 0.3) is 0 Å². The van der Waals surface area contributed by atoms with Crippen LogP contribution in [0.5, 0.6) is 0 Å². The quantitative estimate of drug-likeness (QED) is 0.755. The fourth-order valence-electron chi connectivity index (χ4n) is 2.12. The Balaban J connectivity index is 2.40. The summed E-state index contributed by atoms with van der Waals surface area (Å²) in [6.45, 7) is 8.91. The second-order valence-electron chi connectivity index (χ2n) is 5.56. The van der Waals surface area contributed by atoms with Crippen molar-refractivity contribution in [2.24, 2.45) is 5.41 Å². The van der Waals surface area contributed by atoms with Gasteiger partial charge in [-0.25, -0.2) is 0 Å². The molecule has 1 aliphatic rings. The molecule has 0 unspecified atom stereocenters. The molecule has 1 amide bonds. The minimum atomic E-state index is 0.0508. The molecular formula is C12H25N3O. The lowest BCUT2D eigenvalue weighted by Crippen LogP contribution is -2.48. The molecule has 0 aromatic carbocycles. The summed E-state index contributed by atoms with van der Waals surface area (Å²) in [5.41, 5.74) is 0.0508. The minimum absolute atomic E-state index is 0.0508. The molecule has 0 saturated carbocycles. The fourth-order valence-corrected chi connectivity index (χ4v) is 2.12. The van der Waals surface area contributed by atoms with Crippen LogP contribution in [-0.4, -0.2) is 62.5 Å². The van der Waals surface area contributed by atoms with Crippen LogP contribution < -0.4 is 5.32 Å². The number of nitrogens with zero attached hydrogens (tertiary/aromatic N) is 2. The lowest BCUT2D eigenvalue weighted by atomic mass is 9.88. The molecule has 1 heterocycles. The smallest absolute Gasteiger partial charge is 0.223 e. The van der Waals surface area contributed by atoms with Gasteiger partial charge < -0.3 is 15.1 Å². The lowest BCUT2D eigenvalue weighted by Gasteiger charge is -2.34. The molecule has 94 valence electrons. The van der Waals surface area contributed by atoms with E-state index in [2.05, 4.69) is 31.1 Å². The third-order valence-corrected chi connectivity index (χ3v) is 3.14. The zero-order chi connectivity index (χ0) is 12.2. The maximum absolute atomic E-state index is 12.1. The molecule has 0 aliphatic carbocycles. The number of nitrogens with one attached hydrogen (secondary N) is 1. The van der Waals surface area contributed by atoms with Gasteiger partial charge in [0.1, 0.15) is 0 Å². The predicted molar refractivity (Wildman–Crippen MR) is 66.4 cm³/mol. The van der Waals surface area contributed by atoms with Crippen LogP contribution in [0.1, 0.15) is 20.3 Å². The van der Waals surface area contributed by atoms with Crippen molar-refractivity contribution in [1.29, 1.82) is 0 Å². The number of amides is 1. The Kier molecular flexibility index (Phi) is 4.74. The van der Waals surface area contributed by atoms with E-state index in [9.17, 15) is 4.79 Å². The van der Waals surface area contributed by atoms with Crippen molar-refractivity contribution in [1.82, 2.24) is 15.1 Å². The number of hydrogen-bond donors (Lipinski definition) is 1. The van der Waals surface area contributed by atoms with Gasteiger partial charge in [-0.05, 0) is 19.5 Å². The molecule has 1 rings (SSSR count). The number of piperazine rings is 1. The molecule has 0 aromatic rings. The van der Waals surface area contributed by atoms with Crippen LogP contribution in [0.3, 0.4) is 0 Å². The Morgan fingerprint density at radius 3 is 2.31 bits per heavy atom. The van der Waals surface area contributed by atoms with Gasteiger partial charge >= 0.3 is 0 Å². The molecule has 1 aliphatic heterocycles. The van der Waals surface area contributed by atoms with Crippen LogP contribution in [0.4, 0.5) is 0 Å². The van der Waals surface area contributed by atoms with Gasteiger partial charge in [0.25, 0.3) is 0 Å². The summed E-state index contributed by atoms with van der Waals surface area (Å²) < 4.78 is 0. The second kappa shape index (κ2) is 5.64. The van der Waals surface area contributed by atoms with Gasteiger partial charge in [0.15, 0.2) is 0 Å². The summed E-state index contributed by atoms with van der Waals surface area (Å²) in [6, 6.07) is 0. The van der Waals surface area contributed by atoms with E-state index in [1.807, 2.05) is 11.9 Å². The molecule has 0 radical (unpaired) electrons. The molecule has 1 fully saturated rings. The number of likely N-dealkylation sites (N-methyl/N-ethyl adjacent to an activating group) is 1. The van der Waals surface area contributed by atoms with Crippen molar-refractivity contribution in [3.05, 3.63) is 0 Å². The molecule has 0 aromatic heterocycles.